The number of ether oxygens (including phenoxy) is 2. The van der Waals surface area contributed by atoms with Gasteiger partial charge in [0.15, 0.2) is 23.1 Å². The zero-order valence-corrected chi connectivity index (χ0v) is 16.5. The number of hydrogen-bond acceptors (Lipinski definition) is 8. The fourth-order valence-corrected chi connectivity index (χ4v) is 3.47. The highest BCUT2D eigenvalue weighted by Crippen LogP contribution is 2.33. The first-order valence-electron chi connectivity index (χ1n) is 8.59. The molecular formula is C20H17N5O3S. The van der Waals surface area contributed by atoms with E-state index >= 15 is 0 Å². The van der Waals surface area contributed by atoms with Gasteiger partial charge in [-0.3, -0.25) is 4.79 Å². The third kappa shape index (κ3) is 3.67. The Morgan fingerprint density at radius 3 is 2.48 bits per heavy atom. The summed E-state index contributed by atoms with van der Waals surface area (Å²) < 4.78 is 10.6. The molecule has 0 saturated heterocycles. The van der Waals surface area contributed by atoms with Gasteiger partial charge in [-0.2, -0.15) is 0 Å². The van der Waals surface area contributed by atoms with Gasteiger partial charge >= 0.3 is 0 Å². The number of methoxy groups -OCH3 is 2. The van der Waals surface area contributed by atoms with E-state index in [1.807, 2.05) is 18.2 Å². The summed E-state index contributed by atoms with van der Waals surface area (Å²) in [7, 11) is 3.17. The lowest BCUT2D eigenvalue weighted by atomic mass is 10.1. The van der Waals surface area contributed by atoms with Crippen LogP contribution in [0.25, 0.3) is 21.7 Å². The molecule has 2 aromatic carbocycles. The summed E-state index contributed by atoms with van der Waals surface area (Å²) >= 11 is 1.42. The molecule has 1 amide bonds. The summed E-state index contributed by atoms with van der Waals surface area (Å²) in [5.74, 6) is 1.84. The highest BCUT2D eigenvalue weighted by Gasteiger charge is 2.14. The van der Waals surface area contributed by atoms with Gasteiger partial charge in [0.2, 0.25) is 5.91 Å². The van der Waals surface area contributed by atoms with Gasteiger partial charge in [0.25, 0.3) is 0 Å². The fraction of sp³-hybridized carbons (Fsp3) is 0.100. The molecule has 0 aliphatic carbocycles. The molecule has 0 aliphatic rings. The Bertz CT molecular complexity index is 1190. The second kappa shape index (κ2) is 7.72. The molecule has 0 unspecified atom stereocenters. The normalized spacial score (nSPS) is 10.7. The van der Waals surface area contributed by atoms with E-state index in [1.54, 1.807) is 44.0 Å². The van der Waals surface area contributed by atoms with Crippen LogP contribution in [0.4, 0.5) is 11.5 Å². The second-order valence-corrected chi connectivity index (χ2v) is 6.87. The van der Waals surface area contributed by atoms with E-state index in [1.165, 1.54) is 11.3 Å². The molecule has 2 aromatic heterocycles. The number of amides is 1. The number of fused-ring (bicyclic) bond motifs is 1. The third-order valence-electron chi connectivity index (χ3n) is 4.27. The van der Waals surface area contributed by atoms with Crippen molar-refractivity contribution in [3.8, 4) is 22.9 Å². The van der Waals surface area contributed by atoms with Crippen molar-refractivity contribution in [2.24, 2.45) is 5.73 Å². The molecule has 2 heterocycles. The Labute approximate surface area is 170 Å². The molecule has 3 N–H and O–H groups in total. The van der Waals surface area contributed by atoms with Gasteiger partial charge in [-0.05, 0) is 24.3 Å². The molecule has 9 heteroatoms. The smallest absolute Gasteiger partial charge is 0.248 e. The van der Waals surface area contributed by atoms with Crippen molar-refractivity contribution in [2.75, 3.05) is 19.5 Å². The van der Waals surface area contributed by atoms with Crippen molar-refractivity contribution in [1.82, 2.24) is 15.0 Å². The van der Waals surface area contributed by atoms with Crippen LogP contribution in [0.3, 0.4) is 0 Å². The molecule has 0 spiro atoms. The summed E-state index contributed by atoms with van der Waals surface area (Å²) in [5.41, 5.74) is 9.66. The van der Waals surface area contributed by atoms with Crippen LogP contribution in [-0.2, 0) is 0 Å². The minimum absolute atomic E-state index is 0.427. The summed E-state index contributed by atoms with van der Waals surface area (Å²) in [5, 5.41) is 3.28. The van der Waals surface area contributed by atoms with Crippen LogP contribution in [0.5, 0.6) is 11.5 Å². The maximum absolute atomic E-state index is 11.3. The minimum Gasteiger partial charge on any atom is -0.493 e. The molecule has 146 valence electrons. The van der Waals surface area contributed by atoms with Crippen LogP contribution >= 0.6 is 11.3 Å². The molecule has 0 bridgehead atoms. The lowest BCUT2D eigenvalue weighted by molar-refractivity contribution is 0.100. The van der Waals surface area contributed by atoms with E-state index in [0.717, 1.165) is 16.1 Å². The number of thiazole rings is 1. The van der Waals surface area contributed by atoms with Crippen molar-refractivity contribution in [2.45, 2.75) is 0 Å². The quantitative estimate of drug-likeness (QED) is 0.502. The molecule has 0 atom stereocenters. The number of benzene rings is 2. The largest absolute Gasteiger partial charge is 0.493 e. The van der Waals surface area contributed by atoms with Crippen LogP contribution in [0.2, 0.25) is 0 Å². The van der Waals surface area contributed by atoms with Crippen LogP contribution in [0, 0.1) is 0 Å². The minimum atomic E-state index is -0.480. The van der Waals surface area contributed by atoms with Crippen LogP contribution in [0.1, 0.15) is 10.4 Å². The Morgan fingerprint density at radius 1 is 1.03 bits per heavy atom. The van der Waals surface area contributed by atoms with E-state index in [9.17, 15) is 4.79 Å². The van der Waals surface area contributed by atoms with Gasteiger partial charge in [-0.15, -0.1) is 11.3 Å². The number of anilines is 2. The molecule has 4 aromatic rings. The SMILES string of the molecule is COc1ccc(Nc2nc(-c3ccc(C(N)=O)cc3)nc3scnc23)cc1OC. The van der Waals surface area contributed by atoms with Gasteiger partial charge in [0.1, 0.15) is 10.3 Å². The summed E-state index contributed by atoms with van der Waals surface area (Å²) in [4.78, 5) is 25.7. The van der Waals surface area contributed by atoms with Gasteiger partial charge in [-0.1, -0.05) is 12.1 Å². The number of rotatable bonds is 6. The van der Waals surface area contributed by atoms with Gasteiger partial charge in [0, 0.05) is 22.9 Å². The van der Waals surface area contributed by atoms with Crippen LogP contribution in [0.15, 0.2) is 48.0 Å². The maximum Gasteiger partial charge on any atom is 0.248 e. The predicted molar refractivity (Wildman–Crippen MR) is 112 cm³/mol. The third-order valence-corrected chi connectivity index (χ3v) is 4.99. The van der Waals surface area contributed by atoms with Gasteiger partial charge in [-0.25, -0.2) is 15.0 Å². The van der Waals surface area contributed by atoms with Crippen molar-refractivity contribution in [1.29, 1.82) is 0 Å². The molecule has 4 rings (SSSR count). The number of carbonyl (C=O) groups excluding carboxylic acids is 1. The monoisotopic (exact) mass is 407 g/mol. The average Bonchev–Trinajstić information content (AvgIpc) is 3.22. The average molecular weight is 407 g/mol. The lowest BCUT2D eigenvalue weighted by Gasteiger charge is -2.12. The standard InChI is InChI=1S/C20H17N5O3S/c1-27-14-8-7-13(9-15(14)28-2)23-19-16-20(29-10-22-16)25-18(24-19)12-5-3-11(4-6-12)17(21)26/h3-10H,1-2H3,(H2,21,26)(H,23,24,25). The first kappa shape index (κ1) is 18.6. The first-order chi connectivity index (χ1) is 14.1. The Morgan fingerprint density at radius 2 is 1.79 bits per heavy atom. The highest BCUT2D eigenvalue weighted by atomic mass is 32.1. The molecular weight excluding hydrogens is 390 g/mol. The zero-order chi connectivity index (χ0) is 20.4. The number of hydrogen-bond donors (Lipinski definition) is 2. The summed E-state index contributed by atoms with van der Waals surface area (Å²) in [6.45, 7) is 0. The first-order valence-corrected chi connectivity index (χ1v) is 9.47. The van der Waals surface area contributed by atoms with E-state index < -0.39 is 5.91 Å². The van der Waals surface area contributed by atoms with E-state index in [-0.39, 0.29) is 0 Å². The topological polar surface area (TPSA) is 112 Å². The number of nitrogens with one attached hydrogen (secondary N) is 1. The van der Waals surface area contributed by atoms with Gasteiger partial charge < -0.3 is 20.5 Å². The van der Waals surface area contributed by atoms with Crippen molar-refractivity contribution < 1.29 is 14.3 Å². The predicted octanol–water partition coefficient (Wildman–Crippen LogP) is 3.61. The molecule has 0 saturated carbocycles. The number of aromatic nitrogens is 3. The maximum atomic E-state index is 11.3. The second-order valence-electron chi connectivity index (χ2n) is 6.04. The molecule has 0 fully saturated rings. The molecule has 0 radical (unpaired) electrons. The fourth-order valence-electron chi connectivity index (χ4n) is 2.81. The number of primary amides is 1. The van der Waals surface area contributed by atoms with E-state index in [2.05, 4.69) is 20.3 Å². The molecule has 0 aliphatic heterocycles. The van der Waals surface area contributed by atoms with E-state index in [4.69, 9.17) is 15.2 Å². The van der Waals surface area contributed by atoms with Crippen molar-refractivity contribution in [3.63, 3.8) is 0 Å². The van der Waals surface area contributed by atoms with Crippen molar-refractivity contribution >= 4 is 39.1 Å². The zero-order valence-electron chi connectivity index (χ0n) is 15.7. The summed E-state index contributed by atoms with van der Waals surface area (Å²) in [6, 6.07) is 12.3. The number of nitrogens with zero attached hydrogens (tertiary/aromatic N) is 3. The van der Waals surface area contributed by atoms with E-state index in [0.29, 0.717) is 34.2 Å². The van der Waals surface area contributed by atoms with Crippen molar-refractivity contribution in [3.05, 3.63) is 53.5 Å². The number of nitrogens with two attached hydrogens (primary N) is 1. The highest BCUT2D eigenvalue weighted by molar-refractivity contribution is 7.16. The lowest BCUT2D eigenvalue weighted by Crippen LogP contribution is -2.10. The Balaban J connectivity index is 1.74. The number of carbonyl (C=O) groups is 1. The summed E-state index contributed by atoms with van der Waals surface area (Å²) in [6.07, 6.45) is 0. The molecule has 29 heavy (non-hydrogen) atoms. The van der Waals surface area contributed by atoms with Crippen LogP contribution < -0.4 is 20.5 Å². The van der Waals surface area contributed by atoms with Crippen LogP contribution in [-0.4, -0.2) is 35.1 Å². The Kier molecular flexibility index (Phi) is 4.96. The molecule has 8 nitrogen and oxygen atoms in total. The van der Waals surface area contributed by atoms with Gasteiger partial charge in [0.05, 0.1) is 19.7 Å². The Hall–Kier alpha value is -3.72.